The molecule has 1 atom stereocenters. The van der Waals surface area contributed by atoms with E-state index >= 15 is 0 Å². The molecule has 0 amide bonds. The van der Waals surface area contributed by atoms with E-state index < -0.39 is 0 Å². The molecular formula is C13H15N3OS. The maximum atomic E-state index is 5.51. The largest absolute Gasteiger partial charge is 0.369 e. The Hall–Kier alpha value is -1.46. The van der Waals surface area contributed by atoms with Crippen molar-refractivity contribution in [2.24, 2.45) is 0 Å². The van der Waals surface area contributed by atoms with Gasteiger partial charge in [0.25, 0.3) is 0 Å². The molecule has 1 heterocycles. The molecule has 1 unspecified atom stereocenters. The number of hydrogen-bond acceptors (Lipinski definition) is 5. The molecule has 1 saturated carbocycles. The standard InChI is InChI=1S/C13H15N3OS/c1-17-11(9-5-3-2-4-6-9)12-15-13(18-16-12)14-10-7-8-10/h2-6,10-11H,7-8H2,1H3,(H,14,15,16). The molecule has 1 aliphatic rings. The summed E-state index contributed by atoms with van der Waals surface area (Å²) in [4.78, 5) is 4.51. The Morgan fingerprint density at radius 1 is 1.33 bits per heavy atom. The lowest BCUT2D eigenvalue weighted by molar-refractivity contribution is 0.130. The highest BCUT2D eigenvalue weighted by molar-refractivity contribution is 7.09. The number of benzene rings is 1. The highest BCUT2D eigenvalue weighted by atomic mass is 32.1. The van der Waals surface area contributed by atoms with Gasteiger partial charge >= 0.3 is 0 Å². The lowest BCUT2D eigenvalue weighted by Crippen LogP contribution is -2.06. The van der Waals surface area contributed by atoms with E-state index in [4.69, 9.17) is 4.74 Å². The Kier molecular flexibility index (Phi) is 3.25. The summed E-state index contributed by atoms with van der Waals surface area (Å²) in [5, 5.41) is 4.25. The van der Waals surface area contributed by atoms with Crippen LogP contribution in [0.3, 0.4) is 0 Å². The van der Waals surface area contributed by atoms with E-state index in [1.165, 1.54) is 24.4 Å². The molecule has 1 fully saturated rings. The topological polar surface area (TPSA) is 47.0 Å². The Morgan fingerprint density at radius 3 is 2.78 bits per heavy atom. The van der Waals surface area contributed by atoms with Gasteiger partial charge in [-0.1, -0.05) is 30.3 Å². The van der Waals surface area contributed by atoms with Gasteiger partial charge in [0, 0.05) is 24.7 Å². The molecule has 4 nitrogen and oxygen atoms in total. The fraction of sp³-hybridized carbons (Fsp3) is 0.385. The molecule has 0 radical (unpaired) electrons. The first-order valence-corrected chi connectivity index (χ1v) is 6.82. The van der Waals surface area contributed by atoms with E-state index in [2.05, 4.69) is 14.7 Å². The van der Waals surface area contributed by atoms with E-state index in [9.17, 15) is 0 Å². The van der Waals surface area contributed by atoms with Gasteiger partial charge < -0.3 is 10.1 Å². The molecule has 5 heteroatoms. The van der Waals surface area contributed by atoms with E-state index in [1.807, 2.05) is 30.3 Å². The van der Waals surface area contributed by atoms with Gasteiger partial charge in [0.15, 0.2) is 5.82 Å². The van der Waals surface area contributed by atoms with Gasteiger partial charge in [0.05, 0.1) is 0 Å². The second-order valence-electron chi connectivity index (χ2n) is 4.40. The third-order valence-electron chi connectivity index (χ3n) is 2.92. The predicted octanol–water partition coefficient (Wildman–Crippen LogP) is 2.85. The van der Waals surface area contributed by atoms with Crippen LogP contribution in [0, 0.1) is 0 Å². The molecule has 1 aliphatic carbocycles. The number of nitrogens with one attached hydrogen (secondary N) is 1. The summed E-state index contributed by atoms with van der Waals surface area (Å²) in [5.74, 6) is 0.733. The van der Waals surface area contributed by atoms with Gasteiger partial charge in [-0.3, -0.25) is 0 Å². The zero-order chi connectivity index (χ0) is 12.4. The van der Waals surface area contributed by atoms with Crippen LogP contribution in [0.25, 0.3) is 0 Å². The molecule has 1 aromatic heterocycles. The molecule has 3 rings (SSSR count). The van der Waals surface area contributed by atoms with Crippen molar-refractivity contribution in [3.63, 3.8) is 0 Å². The Labute approximate surface area is 110 Å². The van der Waals surface area contributed by atoms with Gasteiger partial charge in [0.2, 0.25) is 5.13 Å². The predicted molar refractivity (Wildman–Crippen MR) is 71.8 cm³/mol. The minimum Gasteiger partial charge on any atom is -0.369 e. The second-order valence-corrected chi connectivity index (χ2v) is 5.15. The maximum Gasteiger partial charge on any atom is 0.202 e. The van der Waals surface area contributed by atoms with Crippen LogP contribution in [-0.4, -0.2) is 22.5 Å². The lowest BCUT2D eigenvalue weighted by atomic mass is 10.1. The summed E-state index contributed by atoms with van der Waals surface area (Å²) in [6.07, 6.45) is 2.29. The number of nitrogens with zero attached hydrogens (tertiary/aromatic N) is 2. The summed E-state index contributed by atoms with van der Waals surface area (Å²) in [7, 11) is 1.69. The van der Waals surface area contributed by atoms with Crippen molar-refractivity contribution in [3.8, 4) is 0 Å². The number of methoxy groups -OCH3 is 1. The van der Waals surface area contributed by atoms with Crippen LogP contribution < -0.4 is 5.32 Å². The second kappa shape index (κ2) is 5.04. The minimum atomic E-state index is -0.183. The number of anilines is 1. The summed E-state index contributed by atoms with van der Waals surface area (Å²) < 4.78 is 9.90. The number of ether oxygens (including phenoxy) is 1. The van der Waals surface area contributed by atoms with Crippen LogP contribution in [0.2, 0.25) is 0 Å². The van der Waals surface area contributed by atoms with Crippen LogP contribution in [0.5, 0.6) is 0 Å². The SMILES string of the molecule is COC(c1ccccc1)c1nsc(NC2CC2)n1. The van der Waals surface area contributed by atoms with Gasteiger partial charge in [-0.2, -0.15) is 4.37 Å². The van der Waals surface area contributed by atoms with Crippen LogP contribution in [-0.2, 0) is 4.74 Å². The maximum absolute atomic E-state index is 5.51. The monoisotopic (exact) mass is 261 g/mol. The average molecular weight is 261 g/mol. The number of aromatic nitrogens is 2. The molecule has 0 aliphatic heterocycles. The normalized spacial score (nSPS) is 16.5. The summed E-state index contributed by atoms with van der Waals surface area (Å²) in [6.45, 7) is 0. The highest BCUT2D eigenvalue weighted by Crippen LogP contribution is 2.29. The van der Waals surface area contributed by atoms with Gasteiger partial charge in [-0.25, -0.2) is 4.98 Å². The smallest absolute Gasteiger partial charge is 0.202 e. The zero-order valence-electron chi connectivity index (χ0n) is 10.2. The van der Waals surface area contributed by atoms with E-state index in [0.29, 0.717) is 6.04 Å². The first-order chi connectivity index (χ1) is 8.86. The quantitative estimate of drug-likeness (QED) is 0.899. The van der Waals surface area contributed by atoms with Crippen LogP contribution >= 0.6 is 11.5 Å². The molecule has 1 aromatic carbocycles. The minimum absolute atomic E-state index is 0.183. The average Bonchev–Trinajstić information content (AvgIpc) is 3.10. The van der Waals surface area contributed by atoms with Gasteiger partial charge in [0.1, 0.15) is 6.10 Å². The van der Waals surface area contributed by atoms with Crippen molar-refractivity contribution in [3.05, 3.63) is 41.7 Å². The van der Waals surface area contributed by atoms with Crippen LogP contribution in [0.1, 0.15) is 30.3 Å². The summed E-state index contributed by atoms with van der Waals surface area (Å²) >= 11 is 1.40. The fourth-order valence-corrected chi connectivity index (χ4v) is 2.49. The van der Waals surface area contributed by atoms with E-state index in [0.717, 1.165) is 16.5 Å². The molecule has 94 valence electrons. The molecular weight excluding hydrogens is 246 g/mol. The molecule has 18 heavy (non-hydrogen) atoms. The third-order valence-corrected chi connectivity index (χ3v) is 3.58. The Bertz CT molecular complexity index is 510. The van der Waals surface area contributed by atoms with E-state index in [-0.39, 0.29) is 6.10 Å². The van der Waals surface area contributed by atoms with Crippen molar-refractivity contribution in [2.45, 2.75) is 25.0 Å². The van der Waals surface area contributed by atoms with Crippen molar-refractivity contribution in [1.29, 1.82) is 0 Å². The highest BCUT2D eigenvalue weighted by Gasteiger charge is 2.24. The van der Waals surface area contributed by atoms with Gasteiger partial charge in [-0.05, 0) is 18.4 Å². The van der Waals surface area contributed by atoms with Crippen molar-refractivity contribution >= 4 is 16.7 Å². The molecule has 0 bridgehead atoms. The van der Waals surface area contributed by atoms with E-state index in [1.54, 1.807) is 7.11 Å². The molecule has 2 aromatic rings. The Morgan fingerprint density at radius 2 is 2.11 bits per heavy atom. The van der Waals surface area contributed by atoms with Crippen LogP contribution in [0.4, 0.5) is 5.13 Å². The molecule has 1 N–H and O–H groups in total. The number of rotatable bonds is 5. The first-order valence-electron chi connectivity index (χ1n) is 6.04. The lowest BCUT2D eigenvalue weighted by Gasteiger charge is -2.11. The summed E-state index contributed by atoms with van der Waals surface area (Å²) in [5.41, 5.74) is 1.08. The van der Waals surface area contributed by atoms with Crippen LogP contribution in [0.15, 0.2) is 30.3 Å². The zero-order valence-corrected chi connectivity index (χ0v) is 11.0. The third kappa shape index (κ3) is 2.52. The fourth-order valence-electron chi connectivity index (χ4n) is 1.82. The molecule has 0 saturated heterocycles. The first kappa shape index (κ1) is 11.6. The van der Waals surface area contributed by atoms with Crippen molar-refractivity contribution in [1.82, 2.24) is 9.36 Å². The van der Waals surface area contributed by atoms with Crippen molar-refractivity contribution < 1.29 is 4.74 Å². The van der Waals surface area contributed by atoms with Gasteiger partial charge in [-0.15, -0.1) is 0 Å². The summed E-state index contributed by atoms with van der Waals surface area (Å²) in [6, 6.07) is 10.6. The molecule has 0 spiro atoms. The number of hydrogen-bond donors (Lipinski definition) is 1. The van der Waals surface area contributed by atoms with Crippen molar-refractivity contribution in [2.75, 3.05) is 12.4 Å². The Balaban J connectivity index is 1.80.